The predicted molar refractivity (Wildman–Crippen MR) is 128 cm³/mol. The molecule has 0 amide bonds. The van der Waals surface area contributed by atoms with E-state index < -0.39 is 11.3 Å². The molecule has 0 radical (unpaired) electrons. The van der Waals surface area contributed by atoms with Crippen molar-refractivity contribution in [1.82, 2.24) is 0 Å². The molecule has 170 valence electrons. The van der Waals surface area contributed by atoms with E-state index in [1.54, 1.807) is 43.5 Å². The van der Waals surface area contributed by atoms with Crippen molar-refractivity contribution in [2.75, 3.05) is 14.2 Å². The molecular weight excluding hydrogens is 436 g/mol. The molecule has 0 bridgehead atoms. The van der Waals surface area contributed by atoms with Crippen molar-refractivity contribution in [3.63, 3.8) is 0 Å². The SMILES string of the molecule is COc1cccc(COc2ccc3c(-c4cc5cccc(OC)c5oc4=O)cc(=O)oc3c2)c1. The molecule has 0 aliphatic carbocycles. The van der Waals surface area contributed by atoms with Crippen LogP contribution >= 0.6 is 0 Å². The first kappa shape index (κ1) is 21.3. The first-order chi connectivity index (χ1) is 16.6. The van der Waals surface area contributed by atoms with Gasteiger partial charge in [0, 0.05) is 28.5 Å². The highest BCUT2D eigenvalue weighted by Gasteiger charge is 2.16. The average Bonchev–Trinajstić information content (AvgIpc) is 2.86. The molecule has 0 fully saturated rings. The van der Waals surface area contributed by atoms with Gasteiger partial charge in [-0.05, 0) is 42.0 Å². The Kier molecular flexibility index (Phi) is 5.51. The third kappa shape index (κ3) is 3.99. The predicted octanol–water partition coefficient (Wildman–Crippen LogP) is 5.16. The molecule has 0 N–H and O–H groups in total. The molecular formula is C27H20O7. The molecule has 34 heavy (non-hydrogen) atoms. The normalized spacial score (nSPS) is 11.0. The maximum atomic E-state index is 12.8. The maximum Gasteiger partial charge on any atom is 0.344 e. The second-order valence-electron chi connectivity index (χ2n) is 7.60. The summed E-state index contributed by atoms with van der Waals surface area (Å²) in [6.45, 7) is 0.308. The molecule has 5 aromatic rings. The van der Waals surface area contributed by atoms with E-state index >= 15 is 0 Å². The van der Waals surface area contributed by atoms with Crippen molar-refractivity contribution in [3.05, 3.63) is 99.2 Å². The van der Waals surface area contributed by atoms with Gasteiger partial charge in [-0.25, -0.2) is 9.59 Å². The first-order valence-corrected chi connectivity index (χ1v) is 10.5. The first-order valence-electron chi connectivity index (χ1n) is 10.5. The summed E-state index contributed by atoms with van der Waals surface area (Å²) in [5.41, 5.74) is 1.08. The van der Waals surface area contributed by atoms with Gasteiger partial charge in [0.05, 0.1) is 19.8 Å². The Morgan fingerprint density at radius 1 is 0.765 bits per heavy atom. The zero-order valence-corrected chi connectivity index (χ0v) is 18.5. The summed E-state index contributed by atoms with van der Waals surface area (Å²) in [6, 6.07) is 21.0. The van der Waals surface area contributed by atoms with Crippen molar-refractivity contribution in [1.29, 1.82) is 0 Å². The van der Waals surface area contributed by atoms with Gasteiger partial charge in [0.1, 0.15) is 23.7 Å². The quantitative estimate of drug-likeness (QED) is 0.326. The third-order valence-corrected chi connectivity index (χ3v) is 5.49. The minimum Gasteiger partial charge on any atom is -0.497 e. The second kappa shape index (κ2) is 8.78. The smallest absolute Gasteiger partial charge is 0.344 e. The lowest BCUT2D eigenvalue weighted by Crippen LogP contribution is -2.07. The average molecular weight is 456 g/mol. The topological polar surface area (TPSA) is 88.1 Å². The monoisotopic (exact) mass is 456 g/mol. The fraction of sp³-hybridized carbons (Fsp3) is 0.111. The van der Waals surface area contributed by atoms with Crippen molar-refractivity contribution in [2.24, 2.45) is 0 Å². The van der Waals surface area contributed by atoms with Crippen LogP contribution in [0.4, 0.5) is 0 Å². The molecule has 0 spiro atoms. The van der Waals surface area contributed by atoms with Gasteiger partial charge in [-0.15, -0.1) is 0 Å². The van der Waals surface area contributed by atoms with Crippen LogP contribution in [0.2, 0.25) is 0 Å². The van der Waals surface area contributed by atoms with Gasteiger partial charge < -0.3 is 23.0 Å². The van der Waals surface area contributed by atoms with Gasteiger partial charge in [-0.2, -0.15) is 0 Å². The summed E-state index contributed by atoms with van der Waals surface area (Å²) >= 11 is 0. The second-order valence-corrected chi connectivity index (χ2v) is 7.60. The Morgan fingerprint density at radius 3 is 2.44 bits per heavy atom. The van der Waals surface area contributed by atoms with Crippen LogP contribution in [0.1, 0.15) is 5.56 Å². The number of methoxy groups -OCH3 is 2. The summed E-state index contributed by atoms with van der Waals surface area (Å²) in [4.78, 5) is 25.2. The van der Waals surface area contributed by atoms with E-state index in [0.29, 0.717) is 45.6 Å². The molecule has 0 aliphatic rings. The Balaban J connectivity index is 1.55. The Morgan fingerprint density at radius 2 is 1.62 bits per heavy atom. The summed E-state index contributed by atoms with van der Waals surface area (Å²) in [7, 11) is 3.11. The van der Waals surface area contributed by atoms with E-state index in [0.717, 1.165) is 11.3 Å². The highest BCUT2D eigenvalue weighted by Crippen LogP contribution is 2.32. The third-order valence-electron chi connectivity index (χ3n) is 5.49. The van der Waals surface area contributed by atoms with Crippen LogP contribution < -0.4 is 25.5 Å². The van der Waals surface area contributed by atoms with Gasteiger partial charge in [-0.1, -0.05) is 24.3 Å². The van der Waals surface area contributed by atoms with E-state index in [1.807, 2.05) is 30.3 Å². The highest BCUT2D eigenvalue weighted by molar-refractivity contribution is 5.96. The molecule has 0 aliphatic heterocycles. The van der Waals surface area contributed by atoms with E-state index in [2.05, 4.69) is 0 Å². The number of para-hydroxylation sites is 1. The number of fused-ring (bicyclic) bond motifs is 2. The highest BCUT2D eigenvalue weighted by atomic mass is 16.5. The fourth-order valence-corrected chi connectivity index (χ4v) is 3.85. The number of benzene rings is 3. The standard InChI is InChI=1S/C27H20O7/c1-30-18-7-3-5-16(11-18)15-32-19-9-10-20-21(14-25(28)33-24(20)13-19)22-12-17-6-4-8-23(31-2)26(17)34-27(22)29/h3-14H,15H2,1-2H3. The van der Waals surface area contributed by atoms with Gasteiger partial charge in [0.15, 0.2) is 11.3 Å². The van der Waals surface area contributed by atoms with E-state index in [-0.39, 0.29) is 5.56 Å². The Labute approximate surface area is 193 Å². The lowest BCUT2D eigenvalue weighted by Gasteiger charge is -2.10. The van der Waals surface area contributed by atoms with Gasteiger partial charge in [0.2, 0.25) is 0 Å². The molecule has 0 saturated carbocycles. The zero-order valence-electron chi connectivity index (χ0n) is 18.5. The molecule has 3 aromatic carbocycles. The largest absolute Gasteiger partial charge is 0.497 e. The molecule has 5 rings (SSSR count). The van der Waals surface area contributed by atoms with Gasteiger partial charge >= 0.3 is 11.3 Å². The Bertz CT molecular complexity index is 1630. The molecule has 0 unspecified atom stereocenters. The lowest BCUT2D eigenvalue weighted by molar-refractivity contribution is 0.305. The molecule has 7 nitrogen and oxygen atoms in total. The number of ether oxygens (including phenoxy) is 3. The van der Waals surface area contributed by atoms with Crippen LogP contribution in [0.5, 0.6) is 17.2 Å². The number of hydrogen-bond donors (Lipinski definition) is 0. The van der Waals surface area contributed by atoms with E-state index in [4.69, 9.17) is 23.0 Å². The van der Waals surface area contributed by atoms with Crippen LogP contribution in [0.3, 0.4) is 0 Å². The van der Waals surface area contributed by atoms with Crippen molar-refractivity contribution in [2.45, 2.75) is 6.61 Å². The van der Waals surface area contributed by atoms with Crippen LogP contribution in [-0.2, 0) is 6.61 Å². The summed E-state index contributed by atoms with van der Waals surface area (Å²) in [6.07, 6.45) is 0. The molecule has 7 heteroatoms. The number of rotatable bonds is 6. The van der Waals surface area contributed by atoms with Crippen LogP contribution in [0.15, 0.2) is 91.2 Å². The van der Waals surface area contributed by atoms with Crippen molar-refractivity contribution < 1.29 is 23.0 Å². The van der Waals surface area contributed by atoms with Crippen LogP contribution in [-0.4, -0.2) is 14.2 Å². The molecule has 2 heterocycles. The molecule has 0 atom stereocenters. The molecule has 0 saturated heterocycles. The van der Waals surface area contributed by atoms with Crippen LogP contribution in [0.25, 0.3) is 33.1 Å². The minimum atomic E-state index is -0.586. The fourth-order valence-electron chi connectivity index (χ4n) is 3.85. The maximum absolute atomic E-state index is 12.8. The van der Waals surface area contributed by atoms with Crippen LogP contribution in [0, 0.1) is 0 Å². The summed E-state index contributed by atoms with van der Waals surface area (Å²) in [5.74, 6) is 1.71. The van der Waals surface area contributed by atoms with Crippen molar-refractivity contribution >= 4 is 21.9 Å². The van der Waals surface area contributed by atoms with Crippen molar-refractivity contribution in [3.8, 4) is 28.4 Å². The minimum absolute atomic E-state index is 0.253. The zero-order chi connectivity index (χ0) is 23.7. The lowest BCUT2D eigenvalue weighted by atomic mass is 10.0. The number of hydrogen-bond acceptors (Lipinski definition) is 7. The van der Waals surface area contributed by atoms with E-state index in [1.165, 1.54) is 13.2 Å². The van der Waals surface area contributed by atoms with Gasteiger partial charge in [-0.3, -0.25) is 0 Å². The summed E-state index contributed by atoms with van der Waals surface area (Å²) in [5, 5.41) is 1.26. The summed E-state index contributed by atoms with van der Waals surface area (Å²) < 4.78 is 27.3. The Hall–Kier alpha value is -4.52. The van der Waals surface area contributed by atoms with Gasteiger partial charge in [0.25, 0.3) is 0 Å². The molecule has 2 aromatic heterocycles. The van der Waals surface area contributed by atoms with E-state index in [9.17, 15) is 9.59 Å².